The van der Waals surface area contributed by atoms with Crippen molar-refractivity contribution >= 4 is 16.7 Å². The van der Waals surface area contributed by atoms with Crippen molar-refractivity contribution in [3.8, 4) is 5.75 Å². The van der Waals surface area contributed by atoms with Gasteiger partial charge in [-0.25, -0.2) is 0 Å². The second-order valence-corrected chi connectivity index (χ2v) is 6.64. The number of hydrogen-bond donors (Lipinski definition) is 1. The Hall–Kier alpha value is -2.07. The number of rotatable bonds is 4. The van der Waals surface area contributed by atoms with E-state index in [0.29, 0.717) is 5.75 Å². The highest BCUT2D eigenvalue weighted by Crippen LogP contribution is 2.25. The lowest BCUT2D eigenvalue weighted by Gasteiger charge is -2.36. The van der Waals surface area contributed by atoms with E-state index in [4.69, 9.17) is 4.74 Å². The first-order valence-corrected chi connectivity index (χ1v) is 8.66. The maximum Gasteiger partial charge on any atom is 0.263 e. The number of carbonyl (C=O) groups excluding carboxylic acids is 1. The highest BCUT2D eigenvalue weighted by Gasteiger charge is 2.31. The van der Waals surface area contributed by atoms with Crippen LogP contribution in [-0.2, 0) is 4.79 Å². The van der Waals surface area contributed by atoms with E-state index in [9.17, 15) is 9.90 Å². The Kier molecular flexibility index (Phi) is 5.05. The van der Waals surface area contributed by atoms with E-state index in [1.807, 2.05) is 42.5 Å². The summed E-state index contributed by atoms with van der Waals surface area (Å²) in [7, 11) is 1.77. The van der Waals surface area contributed by atoms with Gasteiger partial charge in [-0.2, -0.15) is 0 Å². The number of nitrogens with zero attached hydrogens (tertiary/aromatic N) is 1. The first-order valence-electron chi connectivity index (χ1n) is 8.66. The molecule has 0 bridgehead atoms. The zero-order valence-electron chi connectivity index (χ0n) is 14.3. The molecular formula is C20H25NO3. The van der Waals surface area contributed by atoms with Crippen molar-refractivity contribution in [3.63, 3.8) is 0 Å². The summed E-state index contributed by atoms with van der Waals surface area (Å²) in [5.74, 6) is 0.598. The minimum absolute atomic E-state index is 0.0888. The standard InChI is InChI=1S/C20H25NO3/c1-14(20(23)21(2)18-9-5-6-10-19(18)22)24-17-12-11-15-7-3-4-8-16(15)13-17/h3-4,7-8,11-14,18-19,22H,5-6,9-10H2,1-2H3/t14-,18-,19+/m0/s1. The fourth-order valence-electron chi connectivity index (χ4n) is 3.49. The Balaban J connectivity index is 1.68. The molecule has 0 aliphatic heterocycles. The van der Waals surface area contributed by atoms with Gasteiger partial charge >= 0.3 is 0 Å². The minimum Gasteiger partial charge on any atom is -0.481 e. The second kappa shape index (κ2) is 7.22. The Bertz CT molecular complexity index is 715. The number of amides is 1. The summed E-state index contributed by atoms with van der Waals surface area (Å²) in [6.45, 7) is 1.77. The van der Waals surface area contributed by atoms with Gasteiger partial charge in [0.1, 0.15) is 5.75 Å². The average Bonchev–Trinajstić information content (AvgIpc) is 2.60. The molecule has 1 aliphatic rings. The summed E-state index contributed by atoms with van der Waals surface area (Å²) in [4.78, 5) is 14.3. The zero-order valence-corrected chi connectivity index (χ0v) is 14.3. The molecule has 0 heterocycles. The third-order valence-corrected chi connectivity index (χ3v) is 4.92. The van der Waals surface area contributed by atoms with Crippen LogP contribution in [0.5, 0.6) is 5.75 Å². The average molecular weight is 327 g/mol. The molecule has 1 saturated carbocycles. The van der Waals surface area contributed by atoms with Crippen molar-refractivity contribution in [3.05, 3.63) is 42.5 Å². The number of ether oxygens (including phenoxy) is 1. The molecule has 0 radical (unpaired) electrons. The van der Waals surface area contributed by atoms with E-state index >= 15 is 0 Å². The maximum absolute atomic E-state index is 12.6. The van der Waals surface area contributed by atoms with E-state index in [2.05, 4.69) is 0 Å². The van der Waals surface area contributed by atoms with Gasteiger partial charge in [0.15, 0.2) is 6.10 Å². The second-order valence-electron chi connectivity index (χ2n) is 6.64. The SMILES string of the molecule is C[C@H](Oc1ccc2ccccc2c1)C(=O)N(C)[C@H]1CCCC[C@H]1O. The predicted molar refractivity (Wildman–Crippen MR) is 95.1 cm³/mol. The monoisotopic (exact) mass is 327 g/mol. The first kappa shape index (κ1) is 16.8. The molecule has 4 heteroatoms. The van der Waals surface area contributed by atoms with Gasteiger partial charge < -0.3 is 14.7 Å². The molecule has 0 spiro atoms. The van der Waals surface area contributed by atoms with Crippen LogP contribution in [0.25, 0.3) is 10.8 Å². The summed E-state index contributed by atoms with van der Waals surface area (Å²) in [5.41, 5.74) is 0. The van der Waals surface area contributed by atoms with Gasteiger partial charge in [-0.3, -0.25) is 4.79 Å². The minimum atomic E-state index is -0.578. The smallest absolute Gasteiger partial charge is 0.263 e. The van der Waals surface area contributed by atoms with Crippen molar-refractivity contribution in [2.45, 2.75) is 50.9 Å². The molecule has 1 N–H and O–H groups in total. The largest absolute Gasteiger partial charge is 0.481 e. The Morgan fingerprint density at radius 1 is 1.17 bits per heavy atom. The summed E-state index contributed by atoms with van der Waals surface area (Å²) >= 11 is 0. The van der Waals surface area contributed by atoms with E-state index < -0.39 is 12.2 Å². The molecule has 1 fully saturated rings. The van der Waals surface area contributed by atoms with Gasteiger partial charge in [0.25, 0.3) is 5.91 Å². The van der Waals surface area contributed by atoms with Gasteiger partial charge in [0, 0.05) is 7.05 Å². The lowest BCUT2D eigenvalue weighted by molar-refractivity contribution is -0.142. The van der Waals surface area contributed by atoms with Crippen LogP contribution in [-0.4, -0.2) is 41.2 Å². The number of likely N-dealkylation sites (N-methyl/N-ethyl adjacent to an activating group) is 1. The Labute approximate surface area is 143 Å². The summed E-state index contributed by atoms with van der Waals surface area (Å²) in [6.07, 6.45) is 2.70. The van der Waals surface area contributed by atoms with Crippen LogP contribution in [0.1, 0.15) is 32.6 Å². The van der Waals surface area contributed by atoms with Crippen LogP contribution >= 0.6 is 0 Å². The molecular weight excluding hydrogens is 302 g/mol. The van der Waals surface area contributed by atoms with Crippen molar-refractivity contribution in [1.29, 1.82) is 0 Å². The zero-order chi connectivity index (χ0) is 17.1. The molecule has 3 rings (SSSR count). The molecule has 0 saturated heterocycles. The van der Waals surface area contributed by atoms with Crippen LogP contribution in [0, 0.1) is 0 Å². The molecule has 4 nitrogen and oxygen atoms in total. The highest BCUT2D eigenvalue weighted by atomic mass is 16.5. The molecule has 3 atom stereocenters. The third-order valence-electron chi connectivity index (χ3n) is 4.92. The molecule has 0 unspecified atom stereocenters. The topological polar surface area (TPSA) is 49.8 Å². The first-order chi connectivity index (χ1) is 11.6. The number of aliphatic hydroxyl groups is 1. The third kappa shape index (κ3) is 3.54. The highest BCUT2D eigenvalue weighted by molar-refractivity contribution is 5.84. The van der Waals surface area contributed by atoms with Gasteiger partial charge in [-0.1, -0.05) is 43.2 Å². The van der Waals surface area contributed by atoms with Crippen molar-refractivity contribution in [1.82, 2.24) is 4.90 Å². The van der Waals surface area contributed by atoms with Crippen LogP contribution in [0.4, 0.5) is 0 Å². The molecule has 128 valence electrons. The van der Waals surface area contributed by atoms with Crippen molar-refractivity contribution in [2.75, 3.05) is 7.05 Å². The van der Waals surface area contributed by atoms with Gasteiger partial charge in [-0.15, -0.1) is 0 Å². The Morgan fingerprint density at radius 3 is 2.62 bits per heavy atom. The number of carbonyl (C=O) groups is 1. The summed E-state index contributed by atoms with van der Waals surface area (Å²) in [6, 6.07) is 13.8. The van der Waals surface area contributed by atoms with E-state index in [-0.39, 0.29) is 11.9 Å². The fraction of sp³-hybridized carbons (Fsp3) is 0.450. The van der Waals surface area contributed by atoms with Crippen LogP contribution < -0.4 is 4.74 Å². The molecule has 2 aromatic rings. The van der Waals surface area contributed by atoms with Crippen molar-refractivity contribution in [2.24, 2.45) is 0 Å². The quantitative estimate of drug-likeness (QED) is 0.937. The lowest BCUT2D eigenvalue weighted by Crippen LogP contribution is -2.50. The van der Waals surface area contributed by atoms with Crippen molar-refractivity contribution < 1.29 is 14.6 Å². The van der Waals surface area contributed by atoms with Crippen LogP contribution in [0.2, 0.25) is 0 Å². The molecule has 1 amide bonds. The predicted octanol–water partition coefficient (Wildman–Crippen LogP) is 3.37. The molecule has 2 aromatic carbocycles. The Morgan fingerprint density at radius 2 is 1.88 bits per heavy atom. The van der Waals surface area contributed by atoms with Gasteiger partial charge in [0.05, 0.1) is 12.1 Å². The van der Waals surface area contributed by atoms with E-state index in [1.165, 1.54) is 0 Å². The number of aliphatic hydroxyl groups excluding tert-OH is 1. The fourth-order valence-corrected chi connectivity index (χ4v) is 3.49. The molecule has 24 heavy (non-hydrogen) atoms. The number of benzene rings is 2. The maximum atomic E-state index is 12.6. The number of hydrogen-bond acceptors (Lipinski definition) is 3. The van der Waals surface area contributed by atoms with Crippen LogP contribution in [0.3, 0.4) is 0 Å². The normalized spacial score (nSPS) is 22.1. The van der Waals surface area contributed by atoms with E-state index in [0.717, 1.165) is 36.5 Å². The van der Waals surface area contributed by atoms with Crippen LogP contribution in [0.15, 0.2) is 42.5 Å². The summed E-state index contributed by atoms with van der Waals surface area (Å²) in [5, 5.41) is 12.4. The van der Waals surface area contributed by atoms with E-state index in [1.54, 1.807) is 18.9 Å². The van der Waals surface area contributed by atoms with Gasteiger partial charge in [0.2, 0.25) is 0 Å². The summed E-state index contributed by atoms with van der Waals surface area (Å²) < 4.78 is 5.86. The van der Waals surface area contributed by atoms with Gasteiger partial charge in [-0.05, 0) is 42.7 Å². The molecule has 0 aromatic heterocycles. The lowest BCUT2D eigenvalue weighted by atomic mass is 9.91. The number of fused-ring (bicyclic) bond motifs is 1. The molecule has 1 aliphatic carbocycles.